The van der Waals surface area contributed by atoms with E-state index in [0.29, 0.717) is 0 Å². The van der Waals surface area contributed by atoms with E-state index in [0.717, 1.165) is 22.5 Å². The maximum atomic E-state index is 12.4. The standard InChI is InChI=1S/C12H16N2O6S/c1-13-11(15)7-14(2)21(18,19)10-5-4-8(12(16)17)6-9(10)20-3/h4-6H,7H2,1-3H3,(H,13,15)(H,16,17). The second-order valence-electron chi connectivity index (χ2n) is 4.11. The Morgan fingerprint density at radius 1 is 1.38 bits per heavy atom. The number of sulfonamides is 1. The van der Waals surface area contributed by atoms with Crippen LogP contribution < -0.4 is 10.1 Å². The first kappa shape index (κ1) is 16.9. The van der Waals surface area contributed by atoms with Gasteiger partial charge in [0.15, 0.2) is 0 Å². The van der Waals surface area contributed by atoms with Gasteiger partial charge in [0, 0.05) is 14.1 Å². The van der Waals surface area contributed by atoms with Crippen molar-refractivity contribution >= 4 is 21.9 Å². The van der Waals surface area contributed by atoms with Gasteiger partial charge >= 0.3 is 5.97 Å². The van der Waals surface area contributed by atoms with Crippen LogP contribution in [0.1, 0.15) is 10.4 Å². The summed E-state index contributed by atoms with van der Waals surface area (Å²) in [6.07, 6.45) is 0. The molecule has 9 heteroatoms. The number of rotatable bonds is 6. The molecule has 1 amide bonds. The number of amides is 1. The molecule has 0 bridgehead atoms. The summed E-state index contributed by atoms with van der Waals surface area (Å²) in [6, 6.07) is 3.41. The minimum Gasteiger partial charge on any atom is -0.495 e. The molecule has 1 rings (SSSR count). The molecule has 21 heavy (non-hydrogen) atoms. The topological polar surface area (TPSA) is 113 Å². The van der Waals surface area contributed by atoms with E-state index in [1.54, 1.807) is 0 Å². The minimum absolute atomic E-state index is 0.0974. The quantitative estimate of drug-likeness (QED) is 0.749. The summed E-state index contributed by atoms with van der Waals surface area (Å²) in [5.41, 5.74) is -0.0974. The summed E-state index contributed by atoms with van der Waals surface area (Å²) in [5, 5.41) is 11.2. The zero-order valence-electron chi connectivity index (χ0n) is 11.8. The van der Waals surface area contributed by atoms with Crippen molar-refractivity contribution in [2.45, 2.75) is 4.90 Å². The summed E-state index contributed by atoms with van der Waals surface area (Å²) < 4.78 is 30.5. The van der Waals surface area contributed by atoms with Crippen LogP contribution in [0.5, 0.6) is 5.75 Å². The number of nitrogens with one attached hydrogen (secondary N) is 1. The van der Waals surface area contributed by atoms with Crippen molar-refractivity contribution in [3.8, 4) is 5.75 Å². The minimum atomic E-state index is -3.97. The van der Waals surface area contributed by atoms with Gasteiger partial charge in [0.05, 0.1) is 19.2 Å². The van der Waals surface area contributed by atoms with Crippen molar-refractivity contribution < 1.29 is 27.9 Å². The van der Waals surface area contributed by atoms with Crippen molar-refractivity contribution in [1.82, 2.24) is 9.62 Å². The highest BCUT2D eigenvalue weighted by Gasteiger charge is 2.26. The fraction of sp³-hybridized carbons (Fsp3) is 0.333. The lowest BCUT2D eigenvalue weighted by Gasteiger charge is -2.18. The van der Waals surface area contributed by atoms with Gasteiger partial charge in [0.1, 0.15) is 10.6 Å². The first-order chi connectivity index (χ1) is 9.73. The molecule has 1 aromatic rings. The summed E-state index contributed by atoms with van der Waals surface area (Å²) in [5.74, 6) is -1.77. The van der Waals surface area contributed by atoms with E-state index < -0.39 is 21.9 Å². The molecule has 0 atom stereocenters. The number of carbonyl (C=O) groups is 2. The predicted molar refractivity (Wildman–Crippen MR) is 73.8 cm³/mol. The number of nitrogens with zero attached hydrogens (tertiary/aromatic N) is 1. The molecule has 1 aromatic carbocycles. The molecule has 0 aromatic heterocycles. The fourth-order valence-corrected chi connectivity index (χ4v) is 2.81. The molecule has 0 aliphatic carbocycles. The average molecular weight is 316 g/mol. The smallest absolute Gasteiger partial charge is 0.335 e. The fourth-order valence-electron chi connectivity index (χ4n) is 1.55. The van der Waals surface area contributed by atoms with E-state index in [2.05, 4.69) is 5.32 Å². The van der Waals surface area contributed by atoms with Crippen molar-refractivity contribution in [2.75, 3.05) is 27.7 Å². The van der Waals surface area contributed by atoms with Gasteiger partial charge in [-0.15, -0.1) is 0 Å². The van der Waals surface area contributed by atoms with Crippen LogP contribution in [0.15, 0.2) is 23.1 Å². The highest BCUT2D eigenvalue weighted by molar-refractivity contribution is 7.89. The second kappa shape index (κ2) is 6.55. The van der Waals surface area contributed by atoms with Crippen LogP contribution in [0, 0.1) is 0 Å². The van der Waals surface area contributed by atoms with Crippen LogP contribution in [0.3, 0.4) is 0 Å². The molecule has 0 heterocycles. The second-order valence-corrected chi connectivity index (χ2v) is 6.12. The summed E-state index contributed by atoms with van der Waals surface area (Å²) in [4.78, 5) is 21.9. The van der Waals surface area contributed by atoms with Gasteiger partial charge in [-0.25, -0.2) is 13.2 Å². The van der Waals surface area contributed by atoms with Crippen LogP contribution in [-0.2, 0) is 14.8 Å². The number of methoxy groups -OCH3 is 1. The van der Waals surface area contributed by atoms with Crippen LogP contribution in [0.2, 0.25) is 0 Å². The van der Waals surface area contributed by atoms with E-state index in [1.165, 1.54) is 21.2 Å². The van der Waals surface area contributed by atoms with E-state index >= 15 is 0 Å². The molecule has 0 saturated carbocycles. The van der Waals surface area contributed by atoms with Crippen molar-refractivity contribution in [3.63, 3.8) is 0 Å². The number of likely N-dealkylation sites (N-methyl/N-ethyl adjacent to an activating group) is 2. The van der Waals surface area contributed by atoms with Gasteiger partial charge in [-0.1, -0.05) is 0 Å². The van der Waals surface area contributed by atoms with Gasteiger partial charge in [-0.05, 0) is 18.2 Å². The molecule has 0 radical (unpaired) electrons. The van der Waals surface area contributed by atoms with Crippen LogP contribution >= 0.6 is 0 Å². The van der Waals surface area contributed by atoms with Gasteiger partial charge in [-0.2, -0.15) is 4.31 Å². The van der Waals surface area contributed by atoms with Crippen LogP contribution in [0.4, 0.5) is 0 Å². The molecule has 0 aliphatic rings. The first-order valence-electron chi connectivity index (χ1n) is 5.82. The number of aromatic carboxylic acids is 1. The molecule has 0 saturated heterocycles. The Morgan fingerprint density at radius 3 is 2.48 bits per heavy atom. The zero-order valence-corrected chi connectivity index (χ0v) is 12.6. The van der Waals surface area contributed by atoms with Crippen LogP contribution in [0.25, 0.3) is 0 Å². The number of carboxylic acids is 1. The Balaban J connectivity index is 3.25. The van der Waals surface area contributed by atoms with Gasteiger partial charge in [-0.3, -0.25) is 4.79 Å². The maximum absolute atomic E-state index is 12.4. The molecule has 8 nitrogen and oxygen atoms in total. The van der Waals surface area contributed by atoms with Crippen molar-refractivity contribution in [3.05, 3.63) is 23.8 Å². The molecule has 0 unspecified atom stereocenters. The highest BCUT2D eigenvalue weighted by Crippen LogP contribution is 2.27. The highest BCUT2D eigenvalue weighted by atomic mass is 32.2. The Labute approximate surface area is 122 Å². The molecule has 0 spiro atoms. The Bertz CT molecular complexity index is 656. The molecular weight excluding hydrogens is 300 g/mol. The summed E-state index contributed by atoms with van der Waals surface area (Å²) in [6.45, 7) is -0.358. The number of hydrogen-bond acceptors (Lipinski definition) is 5. The van der Waals surface area contributed by atoms with E-state index in [-0.39, 0.29) is 22.8 Å². The lowest BCUT2D eigenvalue weighted by molar-refractivity contribution is -0.120. The van der Waals surface area contributed by atoms with Gasteiger partial charge < -0.3 is 15.2 Å². The normalized spacial score (nSPS) is 11.2. The molecule has 0 fully saturated rings. The third kappa shape index (κ3) is 3.70. The van der Waals surface area contributed by atoms with E-state index in [9.17, 15) is 18.0 Å². The third-order valence-electron chi connectivity index (χ3n) is 2.74. The number of hydrogen-bond donors (Lipinski definition) is 2. The van der Waals surface area contributed by atoms with Gasteiger partial charge in [0.2, 0.25) is 15.9 Å². The Kier molecular flexibility index (Phi) is 5.28. The van der Waals surface area contributed by atoms with E-state index in [4.69, 9.17) is 9.84 Å². The summed E-state index contributed by atoms with van der Waals surface area (Å²) >= 11 is 0. The largest absolute Gasteiger partial charge is 0.495 e. The summed E-state index contributed by atoms with van der Waals surface area (Å²) in [7, 11) is -0.101. The Morgan fingerprint density at radius 2 is 2.00 bits per heavy atom. The number of carbonyl (C=O) groups excluding carboxylic acids is 1. The molecule has 0 aliphatic heterocycles. The third-order valence-corrected chi connectivity index (χ3v) is 4.59. The number of carboxylic acid groups (broad SMARTS) is 1. The molecule has 116 valence electrons. The maximum Gasteiger partial charge on any atom is 0.335 e. The molecular formula is C12H16N2O6S. The van der Waals surface area contributed by atoms with E-state index in [1.807, 2.05) is 0 Å². The predicted octanol–water partition coefficient (Wildman–Crippen LogP) is -0.240. The first-order valence-corrected chi connectivity index (χ1v) is 7.26. The number of benzene rings is 1. The van der Waals surface area contributed by atoms with Gasteiger partial charge in [0.25, 0.3) is 0 Å². The van der Waals surface area contributed by atoms with Crippen LogP contribution in [-0.4, -0.2) is 57.5 Å². The lowest BCUT2D eigenvalue weighted by Crippen LogP contribution is -2.37. The van der Waals surface area contributed by atoms with Crippen molar-refractivity contribution in [1.29, 1.82) is 0 Å². The lowest BCUT2D eigenvalue weighted by atomic mass is 10.2. The number of ether oxygens (including phenoxy) is 1. The zero-order chi connectivity index (χ0) is 16.2. The van der Waals surface area contributed by atoms with Crippen molar-refractivity contribution in [2.24, 2.45) is 0 Å². The Hall–Kier alpha value is -2.13. The SMILES string of the molecule is CNC(=O)CN(C)S(=O)(=O)c1ccc(C(=O)O)cc1OC. The monoisotopic (exact) mass is 316 g/mol. The molecule has 2 N–H and O–H groups in total. The average Bonchev–Trinajstić information content (AvgIpc) is 2.45.